The summed E-state index contributed by atoms with van der Waals surface area (Å²) in [6, 6.07) is 4.01. The van der Waals surface area contributed by atoms with Crippen LogP contribution < -0.4 is 10.6 Å². The highest BCUT2D eigenvalue weighted by atomic mass is 19.1. The molecule has 0 radical (unpaired) electrons. The molecule has 1 aliphatic rings. The maximum absolute atomic E-state index is 12.9. The standard InChI is InChI=1S/C13H16FN3O2/c1-9-8-10(14)2-3-11(9)16-12(18)13(19)17-6-4-15-5-7-17/h2-3,8,15H,4-7H2,1H3,(H,16,18). The van der Waals surface area contributed by atoms with Gasteiger partial charge in [-0.15, -0.1) is 0 Å². The normalized spacial score (nSPS) is 15.2. The van der Waals surface area contributed by atoms with Crippen LogP contribution in [0, 0.1) is 12.7 Å². The van der Waals surface area contributed by atoms with Crippen molar-refractivity contribution >= 4 is 17.5 Å². The molecule has 5 nitrogen and oxygen atoms in total. The lowest BCUT2D eigenvalue weighted by molar-refractivity contribution is -0.143. The molecule has 0 aromatic heterocycles. The van der Waals surface area contributed by atoms with Gasteiger partial charge in [-0.3, -0.25) is 9.59 Å². The Kier molecular flexibility index (Phi) is 4.11. The number of hydrogen-bond donors (Lipinski definition) is 2. The summed E-state index contributed by atoms with van der Waals surface area (Å²) < 4.78 is 12.9. The zero-order chi connectivity index (χ0) is 13.8. The maximum atomic E-state index is 12.9. The van der Waals surface area contributed by atoms with E-state index in [1.54, 1.807) is 6.92 Å². The van der Waals surface area contributed by atoms with Crippen LogP contribution in [0.15, 0.2) is 18.2 Å². The summed E-state index contributed by atoms with van der Waals surface area (Å²) in [6.07, 6.45) is 0. The zero-order valence-electron chi connectivity index (χ0n) is 10.7. The third-order valence-electron chi connectivity index (χ3n) is 3.04. The molecule has 6 heteroatoms. The molecule has 1 aliphatic heterocycles. The van der Waals surface area contributed by atoms with E-state index < -0.39 is 11.8 Å². The largest absolute Gasteiger partial charge is 0.332 e. The number of halogens is 1. The van der Waals surface area contributed by atoms with E-state index in [-0.39, 0.29) is 5.82 Å². The van der Waals surface area contributed by atoms with Crippen molar-refractivity contribution in [1.82, 2.24) is 10.2 Å². The molecule has 0 spiro atoms. The smallest absolute Gasteiger partial charge is 0.313 e. The highest BCUT2D eigenvalue weighted by molar-refractivity contribution is 6.39. The number of nitrogens with zero attached hydrogens (tertiary/aromatic N) is 1. The van der Waals surface area contributed by atoms with Gasteiger partial charge in [0, 0.05) is 31.9 Å². The fraction of sp³-hybridized carbons (Fsp3) is 0.385. The number of rotatable bonds is 1. The number of amides is 2. The van der Waals surface area contributed by atoms with E-state index in [1.165, 1.54) is 23.1 Å². The summed E-state index contributed by atoms with van der Waals surface area (Å²) in [6.45, 7) is 4.10. The molecule has 0 bridgehead atoms. The van der Waals surface area contributed by atoms with Crippen LogP contribution in [-0.4, -0.2) is 42.9 Å². The summed E-state index contributed by atoms with van der Waals surface area (Å²) in [5.74, 6) is -1.61. The van der Waals surface area contributed by atoms with Gasteiger partial charge in [0.15, 0.2) is 0 Å². The average Bonchev–Trinajstić information content (AvgIpc) is 2.42. The number of aryl methyl sites for hydroxylation is 1. The van der Waals surface area contributed by atoms with Crippen molar-refractivity contribution in [2.45, 2.75) is 6.92 Å². The first-order chi connectivity index (χ1) is 9.08. The van der Waals surface area contributed by atoms with Crippen molar-refractivity contribution in [2.75, 3.05) is 31.5 Å². The van der Waals surface area contributed by atoms with Crippen molar-refractivity contribution < 1.29 is 14.0 Å². The Morgan fingerprint density at radius 3 is 2.63 bits per heavy atom. The lowest BCUT2D eigenvalue weighted by Gasteiger charge is -2.26. The molecule has 1 heterocycles. The molecule has 1 fully saturated rings. The van der Waals surface area contributed by atoms with Crippen molar-refractivity contribution in [3.05, 3.63) is 29.6 Å². The van der Waals surface area contributed by atoms with Gasteiger partial charge in [0.1, 0.15) is 5.82 Å². The summed E-state index contributed by atoms with van der Waals surface area (Å²) in [5.41, 5.74) is 1.04. The Morgan fingerprint density at radius 2 is 2.00 bits per heavy atom. The van der Waals surface area contributed by atoms with Crippen LogP contribution in [0.1, 0.15) is 5.56 Å². The van der Waals surface area contributed by atoms with E-state index in [0.29, 0.717) is 37.4 Å². The van der Waals surface area contributed by atoms with Gasteiger partial charge in [0.2, 0.25) is 0 Å². The minimum atomic E-state index is -0.684. The van der Waals surface area contributed by atoms with Gasteiger partial charge < -0.3 is 15.5 Å². The Bertz CT molecular complexity index is 499. The first-order valence-corrected chi connectivity index (χ1v) is 6.15. The van der Waals surface area contributed by atoms with Crippen molar-refractivity contribution in [1.29, 1.82) is 0 Å². The summed E-state index contributed by atoms with van der Waals surface area (Å²) in [4.78, 5) is 25.2. The topological polar surface area (TPSA) is 61.4 Å². The third-order valence-corrected chi connectivity index (χ3v) is 3.04. The van der Waals surface area contributed by atoms with E-state index >= 15 is 0 Å². The average molecular weight is 265 g/mol. The lowest BCUT2D eigenvalue weighted by Crippen LogP contribution is -2.49. The molecule has 19 heavy (non-hydrogen) atoms. The van der Waals surface area contributed by atoms with Crippen LogP contribution in [-0.2, 0) is 9.59 Å². The third kappa shape index (κ3) is 3.29. The van der Waals surface area contributed by atoms with Crippen LogP contribution >= 0.6 is 0 Å². The zero-order valence-corrected chi connectivity index (χ0v) is 10.7. The van der Waals surface area contributed by atoms with Crippen molar-refractivity contribution in [2.24, 2.45) is 0 Å². The Labute approximate surface area is 110 Å². The molecule has 0 aliphatic carbocycles. The monoisotopic (exact) mass is 265 g/mol. The van der Waals surface area contributed by atoms with Crippen LogP contribution in [0.4, 0.5) is 10.1 Å². The second-order valence-electron chi connectivity index (χ2n) is 4.46. The van der Waals surface area contributed by atoms with E-state index in [4.69, 9.17) is 0 Å². The first-order valence-electron chi connectivity index (χ1n) is 6.15. The quantitative estimate of drug-likeness (QED) is 0.727. The van der Waals surface area contributed by atoms with Gasteiger partial charge in [0.05, 0.1) is 0 Å². The molecule has 2 N–H and O–H groups in total. The molecule has 1 saturated heterocycles. The number of benzene rings is 1. The van der Waals surface area contributed by atoms with Gasteiger partial charge in [-0.1, -0.05) is 0 Å². The molecule has 1 aromatic rings. The molecule has 2 amide bonds. The highest BCUT2D eigenvalue weighted by Crippen LogP contribution is 2.15. The van der Waals surface area contributed by atoms with E-state index in [9.17, 15) is 14.0 Å². The molecular weight excluding hydrogens is 249 g/mol. The highest BCUT2D eigenvalue weighted by Gasteiger charge is 2.23. The number of carbonyl (C=O) groups is 2. The van der Waals surface area contributed by atoms with E-state index in [0.717, 1.165) is 0 Å². The Morgan fingerprint density at radius 1 is 1.32 bits per heavy atom. The predicted octanol–water partition coefficient (Wildman–Crippen LogP) is 0.504. The molecule has 0 saturated carbocycles. The number of hydrogen-bond acceptors (Lipinski definition) is 3. The second-order valence-corrected chi connectivity index (χ2v) is 4.46. The van der Waals surface area contributed by atoms with Gasteiger partial charge in [0.25, 0.3) is 0 Å². The molecular formula is C13H16FN3O2. The van der Waals surface area contributed by atoms with Crippen molar-refractivity contribution in [3.63, 3.8) is 0 Å². The fourth-order valence-corrected chi connectivity index (χ4v) is 1.95. The molecule has 1 aromatic carbocycles. The molecule has 0 atom stereocenters. The summed E-state index contributed by atoms with van der Waals surface area (Å²) >= 11 is 0. The molecule has 2 rings (SSSR count). The number of piperazine rings is 1. The van der Waals surface area contributed by atoms with Crippen molar-refractivity contribution in [3.8, 4) is 0 Å². The SMILES string of the molecule is Cc1cc(F)ccc1NC(=O)C(=O)N1CCNCC1. The van der Waals surface area contributed by atoms with Crippen LogP contribution in [0.2, 0.25) is 0 Å². The van der Waals surface area contributed by atoms with E-state index in [2.05, 4.69) is 10.6 Å². The summed E-state index contributed by atoms with van der Waals surface area (Å²) in [7, 11) is 0. The Hall–Kier alpha value is -1.95. The van der Waals surface area contributed by atoms with Crippen LogP contribution in [0.5, 0.6) is 0 Å². The van der Waals surface area contributed by atoms with Crippen LogP contribution in [0.3, 0.4) is 0 Å². The molecule has 0 unspecified atom stereocenters. The molecule has 102 valence electrons. The minimum Gasteiger partial charge on any atom is -0.332 e. The minimum absolute atomic E-state index is 0.371. The number of carbonyl (C=O) groups excluding carboxylic acids is 2. The fourth-order valence-electron chi connectivity index (χ4n) is 1.95. The lowest BCUT2D eigenvalue weighted by atomic mass is 10.2. The van der Waals surface area contributed by atoms with Gasteiger partial charge in [-0.05, 0) is 30.7 Å². The number of nitrogens with one attached hydrogen (secondary N) is 2. The summed E-state index contributed by atoms with van der Waals surface area (Å²) in [5, 5.41) is 5.62. The second kappa shape index (κ2) is 5.79. The predicted molar refractivity (Wildman–Crippen MR) is 69.2 cm³/mol. The van der Waals surface area contributed by atoms with Gasteiger partial charge >= 0.3 is 11.8 Å². The first kappa shape index (κ1) is 13.5. The number of anilines is 1. The van der Waals surface area contributed by atoms with E-state index in [1.807, 2.05) is 0 Å². The Balaban J connectivity index is 2.01. The van der Waals surface area contributed by atoms with Gasteiger partial charge in [-0.25, -0.2) is 4.39 Å². The maximum Gasteiger partial charge on any atom is 0.313 e. The van der Waals surface area contributed by atoms with Gasteiger partial charge in [-0.2, -0.15) is 0 Å². The van der Waals surface area contributed by atoms with Crippen LogP contribution in [0.25, 0.3) is 0 Å².